The van der Waals surface area contributed by atoms with Gasteiger partial charge >= 0.3 is 0 Å². The van der Waals surface area contributed by atoms with Crippen molar-refractivity contribution in [2.24, 2.45) is 5.92 Å². The summed E-state index contributed by atoms with van der Waals surface area (Å²) in [5.41, 5.74) is 2.39. The number of carbonyl (C=O) groups excluding carboxylic acids is 2. The molecule has 5 heteroatoms. The van der Waals surface area contributed by atoms with Crippen LogP contribution in [0.3, 0.4) is 0 Å². The van der Waals surface area contributed by atoms with E-state index in [1.54, 1.807) is 16.7 Å². The molecule has 2 amide bonds. The van der Waals surface area contributed by atoms with Gasteiger partial charge in [-0.15, -0.1) is 11.8 Å². The Labute approximate surface area is 185 Å². The van der Waals surface area contributed by atoms with Crippen molar-refractivity contribution in [3.05, 3.63) is 65.7 Å². The molecule has 1 atom stereocenters. The van der Waals surface area contributed by atoms with Gasteiger partial charge in [-0.2, -0.15) is 0 Å². The van der Waals surface area contributed by atoms with Gasteiger partial charge < -0.3 is 10.2 Å². The minimum atomic E-state index is -0.482. The molecule has 2 aromatic carbocycles. The molecule has 0 aromatic heterocycles. The molecule has 1 unspecified atom stereocenters. The van der Waals surface area contributed by atoms with Crippen LogP contribution in [0.25, 0.3) is 0 Å². The van der Waals surface area contributed by atoms with Crippen LogP contribution in [-0.4, -0.2) is 41.6 Å². The highest BCUT2D eigenvalue weighted by atomic mass is 32.2. The molecule has 30 heavy (non-hydrogen) atoms. The van der Waals surface area contributed by atoms with E-state index in [0.717, 1.165) is 11.3 Å². The van der Waals surface area contributed by atoms with Gasteiger partial charge in [-0.1, -0.05) is 61.9 Å². The summed E-state index contributed by atoms with van der Waals surface area (Å²) < 4.78 is 0. The fraction of sp³-hybridized carbons (Fsp3) is 0.440. The van der Waals surface area contributed by atoms with Crippen molar-refractivity contribution in [2.75, 3.05) is 18.8 Å². The Kier molecular flexibility index (Phi) is 9.95. The van der Waals surface area contributed by atoms with Crippen LogP contribution in [-0.2, 0) is 16.0 Å². The lowest BCUT2D eigenvalue weighted by Crippen LogP contribution is -2.49. The first kappa shape index (κ1) is 24.0. The molecule has 0 spiro atoms. The highest BCUT2D eigenvalue weighted by Crippen LogP contribution is 2.20. The van der Waals surface area contributed by atoms with Crippen LogP contribution in [0.2, 0.25) is 0 Å². The third kappa shape index (κ3) is 8.23. The number of thioether (sulfide) groups is 1. The first-order valence-corrected chi connectivity index (χ1v) is 11.7. The summed E-state index contributed by atoms with van der Waals surface area (Å²) in [6.45, 7) is 9.17. The number of amides is 2. The maximum Gasteiger partial charge on any atom is 0.242 e. The van der Waals surface area contributed by atoms with Crippen LogP contribution in [0.15, 0.2) is 59.5 Å². The molecule has 1 N–H and O–H groups in total. The average molecular weight is 427 g/mol. The van der Waals surface area contributed by atoms with Crippen molar-refractivity contribution < 1.29 is 9.59 Å². The molecule has 4 nitrogen and oxygen atoms in total. The normalized spacial score (nSPS) is 11.9. The zero-order valence-electron chi connectivity index (χ0n) is 18.6. The van der Waals surface area contributed by atoms with Crippen molar-refractivity contribution >= 4 is 23.6 Å². The molecule has 2 aromatic rings. The summed E-state index contributed by atoms with van der Waals surface area (Å²) >= 11 is 1.68. The number of hydrogen-bond donors (Lipinski definition) is 1. The molecule has 0 aliphatic carbocycles. The Morgan fingerprint density at radius 1 is 1.00 bits per heavy atom. The van der Waals surface area contributed by atoms with E-state index < -0.39 is 6.04 Å². The Balaban J connectivity index is 1.97. The maximum absolute atomic E-state index is 13.0. The minimum Gasteiger partial charge on any atom is -0.354 e. The maximum atomic E-state index is 13.0. The third-order valence-electron chi connectivity index (χ3n) is 4.94. The molecule has 0 aliphatic rings. The Morgan fingerprint density at radius 2 is 1.67 bits per heavy atom. The summed E-state index contributed by atoms with van der Waals surface area (Å²) in [5, 5.41) is 2.96. The van der Waals surface area contributed by atoms with E-state index >= 15 is 0 Å². The molecule has 0 saturated carbocycles. The van der Waals surface area contributed by atoms with E-state index in [4.69, 9.17) is 0 Å². The van der Waals surface area contributed by atoms with Crippen LogP contribution in [0.5, 0.6) is 0 Å². The zero-order valence-corrected chi connectivity index (χ0v) is 19.4. The molecule has 0 radical (unpaired) electrons. The van der Waals surface area contributed by atoms with Gasteiger partial charge in [-0.25, -0.2) is 0 Å². The Hall–Kier alpha value is -2.27. The van der Waals surface area contributed by atoms with Crippen molar-refractivity contribution in [3.8, 4) is 0 Å². The molecule has 0 aliphatic heterocycles. The number of carbonyl (C=O) groups is 2. The van der Waals surface area contributed by atoms with E-state index in [1.165, 1.54) is 11.1 Å². The van der Waals surface area contributed by atoms with Crippen molar-refractivity contribution in [2.45, 2.75) is 51.5 Å². The van der Waals surface area contributed by atoms with Crippen LogP contribution >= 0.6 is 11.8 Å². The first-order valence-electron chi connectivity index (χ1n) is 10.7. The van der Waals surface area contributed by atoms with Gasteiger partial charge in [0.25, 0.3) is 0 Å². The highest BCUT2D eigenvalue weighted by Gasteiger charge is 2.25. The molecule has 0 fully saturated rings. The number of aryl methyl sites for hydroxylation is 1. The number of nitrogens with one attached hydrogen (secondary N) is 1. The van der Waals surface area contributed by atoms with Gasteiger partial charge in [0, 0.05) is 30.2 Å². The predicted molar refractivity (Wildman–Crippen MR) is 126 cm³/mol. The van der Waals surface area contributed by atoms with Gasteiger partial charge in [0.1, 0.15) is 6.04 Å². The lowest BCUT2D eigenvalue weighted by atomic mass is 10.1. The molecule has 0 heterocycles. The van der Waals surface area contributed by atoms with Crippen molar-refractivity contribution in [3.63, 3.8) is 0 Å². The van der Waals surface area contributed by atoms with Crippen LogP contribution in [0, 0.1) is 12.8 Å². The summed E-state index contributed by atoms with van der Waals surface area (Å²) in [6.07, 6.45) is 1.15. The number of rotatable bonds is 11. The predicted octanol–water partition coefficient (Wildman–Crippen LogP) is 4.71. The topological polar surface area (TPSA) is 49.4 Å². The quantitative estimate of drug-likeness (QED) is 0.530. The van der Waals surface area contributed by atoms with Gasteiger partial charge in [0.2, 0.25) is 11.8 Å². The monoisotopic (exact) mass is 426 g/mol. The fourth-order valence-electron chi connectivity index (χ4n) is 3.06. The molecule has 0 bridgehead atoms. The van der Waals surface area contributed by atoms with Crippen molar-refractivity contribution in [1.82, 2.24) is 10.2 Å². The molecular weight excluding hydrogens is 392 g/mol. The molecular formula is C25H34N2O2S. The average Bonchev–Trinajstić information content (AvgIpc) is 2.74. The summed E-state index contributed by atoms with van der Waals surface area (Å²) in [7, 11) is 0. The second-order valence-electron chi connectivity index (χ2n) is 8.05. The van der Waals surface area contributed by atoms with E-state index in [-0.39, 0.29) is 11.8 Å². The van der Waals surface area contributed by atoms with E-state index in [1.807, 2.05) is 25.1 Å². The van der Waals surface area contributed by atoms with Crippen LogP contribution in [0.4, 0.5) is 0 Å². The molecule has 0 saturated heterocycles. The Morgan fingerprint density at radius 3 is 2.30 bits per heavy atom. The minimum absolute atomic E-state index is 0.0257. The lowest BCUT2D eigenvalue weighted by molar-refractivity contribution is -0.139. The van der Waals surface area contributed by atoms with Crippen LogP contribution < -0.4 is 5.32 Å². The first-order chi connectivity index (χ1) is 14.4. The summed E-state index contributed by atoms with van der Waals surface area (Å²) in [4.78, 5) is 28.5. The van der Waals surface area contributed by atoms with E-state index in [2.05, 4.69) is 62.5 Å². The molecule has 162 valence electrons. The number of hydrogen-bond acceptors (Lipinski definition) is 3. The zero-order chi connectivity index (χ0) is 21.9. The SMILES string of the molecule is Cc1ccc(SCCC(=O)N(CCc2ccccc2)C(C)C(=O)NCC(C)C)cc1. The van der Waals surface area contributed by atoms with Gasteiger partial charge in [-0.3, -0.25) is 9.59 Å². The third-order valence-corrected chi connectivity index (χ3v) is 5.96. The summed E-state index contributed by atoms with van der Waals surface area (Å²) in [6, 6.07) is 17.9. The number of benzene rings is 2. The second kappa shape index (κ2) is 12.4. The largest absolute Gasteiger partial charge is 0.354 e. The van der Waals surface area contributed by atoms with Crippen LogP contribution in [0.1, 0.15) is 38.3 Å². The number of nitrogens with zero attached hydrogens (tertiary/aromatic N) is 1. The van der Waals surface area contributed by atoms with Gasteiger partial charge in [0.05, 0.1) is 0 Å². The highest BCUT2D eigenvalue weighted by molar-refractivity contribution is 7.99. The Bertz CT molecular complexity index is 791. The lowest BCUT2D eigenvalue weighted by Gasteiger charge is -2.29. The van der Waals surface area contributed by atoms with Gasteiger partial charge in [0.15, 0.2) is 0 Å². The second-order valence-corrected chi connectivity index (χ2v) is 9.22. The van der Waals surface area contributed by atoms with E-state index in [0.29, 0.717) is 31.2 Å². The molecule has 2 rings (SSSR count). The standard InChI is InChI=1S/C25H34N2O2S/c1-19(2)18-26-25(29)21(4)27(16-14-22-8-6-5-7-9-22)24(28)15-17-30-23-12-10-20(3)11-13-23/h5-13,19,21H,14-18H2,1-4H3,(H,26,29). The van der Waals surface area contributed by atoms with E-state index in [9.17, 15) is 9.59 Å². The van der Waals surface area contributed by atoms with Crippen molar-refractivity contribution in [1.29, 1.82) is 0 Å². The van der Waals surface area contributed by atoms with Gasteiger partial charge in [-0.05, 0) is 43.9 Å². The smallest absolute Gasteiger partial charge is 0.242 e. The summed E-state index contributed by atoms with van der Waals surface area (Å²) in [5.74, 6) is 1.01. The fourth-order valence-corrected chi connectivity index (χ4v) is 3.90.